The summed E-state index contributed by atoms with van der Waals surface area (Å²) in [5.74, 6) is 0. The fourth-order valence-corrected chi connectivity index (χ4v) is 8.90. The quantitative estimate of drug-likeness (QED) is 0.195. The van der Waals surface area contributed by atoms with Crippen LogP contribution < -0.4 is 4.90 Å². The standard InChI is InChI=1S/C51H36N2O/c1-51(2)45-17-8-6-13-39(45)40-27-24-37(31-46(40)51)53(35-22-19-33(20-23-35)32-11-4-3-5-12-32)36-25-28-48-44(30-36)42-26-21-34(29-49(42)54-48)38-15-10-16-43-41-14-7-9-18-47(41)52-50(38)43/h3-31,52H,1-2H3. The van der Waals surface area contributed by atoms with Gasteiger partial charge in [-0.1, -0.05) is 129 Å². The first-order chi connectivity index (χ1) is 26.5. The summed E-state index contributed by atoms with van der Waals surface area (Å²) in [6.45, 7) is 4.69. The number of nitrogens with one attached hydrogen (secondary N) is 1. The van der Waals surface area contributed by atoms with Crippen LogP contribution in [0.3, 0.4) is 0 Å². The second-order valence-electron chi connectivity index (χ2n) is 15.0. The van der Waals surface area contributed by atoms with Gasteiger partial charge in [0, 0.05) is 55.1 Å². The van der Waals surface area contributed by atoms with Crippen LogP contribution >= 0.6 is 0 Å². The molecule has 54 heavy (non-hydrogen) atoms. The fourth-order valence-electron chi connectivity index (χ4n) is 8.90. The van der Waals surface area contributed by atoms with Crippen molar-refractivity contribution < 1.29 is 4.42 Å². The van der Waals surface area contributed by atoms with Crippen LogP contribution in [0.25, 0.3) is 77.1 Å². The summed E-state index contributed by atoms with van der Waals surface area (Å²) in [7, 11) is 0. The molecule has 10 aromatic rings. The van der Waals surface area contributed by atoms with Crippen molar-refractivity contribution in [2.24, 2.45) is 0 Å². The maximum Gasteiger partial charge on any atom is 0.136 e. The van der Waals surface area contributed by atoms with E-state index >= 15 is 0 Å². The molecule has 0 radical (unpaired) electrons. The highest BCUT2D eigenvalue weighted by Gasteiger charge is 2.35. The normalized spacial score (nSPS) is 13.1. The molecule has 0 saturated heterocycles. The first-order valence-electron chi connectivity index (χ1n) is 18.7. The van der Waals surface area contributed by atoms with E-state index in [-0.39, 0.29) is 5.41 Å². The van der Waals surface area contributed by atoms with E-state index in [1.165, 1.54) is 49.7 Å². The highest BCUT2D eigenvalue weighted by molar-refractivity contribution is 6.13. The average Bonchev–Trinajstić information content (AvgIpc) is 3.86. The Morgan fingerprint density at radius 3 is 1.98 bits per heavy atom. The molecule has 11 rings (SSSR count). The zero-order chi connectivity index (χ0) is 36.0. The van der Waals surface area contributed by atoms with Crippen molar-refractivity contribution in [2.75, 3.05) is 4.90 Å². The van der Waals surface area contributed by atoms with Crippen LogP contribution in [0, 0.1) is 0 Å². The minimum Gasteiger partial charge on any atom is -0.456 e. The maximum atomic E-state index is 6.59. The highest BCUT2D eigenvalue weighted by Crippen LogP contribution is 2.51. The van der Waals surface area contributed by atoms with Crippen molar-refractivity contribution in [3.05, 3.63) is 187 Å². The van der Waals surface area contributed by atoms with Crippen LogP contribution in [0.1, 0.15) is 25.0 Å². The Bertz CT molecular complexity index is 3070. The van der Waals surface area contributed by atoms with E-state index in [9.17, 15) is 0 Å². The van der Waals surface area contributed by atoms with Gasteiger partial charge in [-0.15, -0.1) is 0 Å². The molecule has 2 heterocycles. The second-order valence-corrected chi connectivity index (χ2v) is 15.0. The minimum atomic E-state index is -0.107. The largest absolute Gasteiger partial charge is 0.456 e. The van der Waals surface area contributed by atoms with E-state index in [2.05, 4.69) is 200 Å². The molecule has 0 spiro atoms. The molecule has 3 nitrogen and oxygen atoms in total. The van der Waals surface area contributed by atoms with Crippen molar-refractivity contribution in [1.29, 1.82) is 0 Å². The van der Waals surface area contributed by atoms with Crippen LogP contribution in [-0.4, -0.2) is 4.98 Å². The monoisotopic (exact) mass is 692 g/mol. The zero-order valence-corrected chi connectivity index (χ0v) is 30.1. The van der Waals surface area contributed by atoms with Gasteiger partial charge in [-0.05, 0) is 99.6 Å². The first kappa shape index (κ1) is 30.8. The van der Waals surface area contributed by atoms with Gasteiger partial charge in [-0.3, -0.25) is 0 Å². The molecule has 1 N–H and O–H groups in total. The third-order valence-electron chi connectivity index (χ3n) is 11.6. The Morgan fingerprint density at radius 2 is 1.09 bits per heavy atom. The molecule has 0 fully saturated rings. The molecule has 3 heteroatoms. The molecule has 1 aliphatic carbocycles. The van der Waals surface area contributed by atoms with Crippen molar-refractivity contribution in [3.63, 3.8) is 0 Å². The van der Waals surface area contributed by atoms with Crippen LogP contribution in [0.5, 0.6) is 0 Å². The molecule has 8 aromatic carbocycles. The Kier molecular flexibility index (Phi) is 6.60. The lowest BCUT2D eigenvalue weighted by atomic mass is 9.82. The molecule has 0 aliphatic heterocycles. The molecule has 256 valence electrons. The fraction of sp³-hybridized carbons (Fsp3) is 0.0588. The smallest absolute Gasteiger partial charge is 0.136 e. The van der Waals surface area contributed by atoms with E-state index in [0.717, 1.165) is 55.6 Å². The molecule has 1 aliphatic rings. The van der Waals surface area contributed by atoms with E-state index in [0.29, 0.717) is 0 Å². The molecular formula is C51H36N2O. The topological polar surface area (TPSA) is 32.2 Å². The molecule has 0 bridgehead atoms. The van der Waals surface area contributed by atoms with Crippen molar-refractivity contribution in [1.82, 2.24) is 4.98 Å². The number of hydrogen-bond acceptors (Lipinski definition) is 2. The predicted octanol–water partition coefficient (Wildman–Crippen LogP) is 14.3. The van der Waals surface area contributed by atoms with Crippen molar-refractivity contribution in [2.45, 2.75) is 19.3 Å². The summed E-state index contributed by atoms with van der Waals surface area (Å²) in [6, 6.07) is 63.6. The number of benzene rings is 8. The van der Waals surface area contributed by atoms with Gasteiger partial charge in [0.25, 0.3) is 0 Å². The molecule has 0 amide bonds. The van der Waals surface area contributed by atoms with Crippen LogP contribution in [0.4, 0.5) is 17.1 Å². The third kappa shape index (κ3) is 4.61. The van der Waals surface area contributed by atoms with Gasteiger partial charge in [0.05, 0.1) is 5.52 Å². The Balaban J connectivity index is 1.05. The maximum absolute atomic E-state index is 6.59. The number of anilines is 3. The molecule has 0 saturated carbocycles. The summed E-state index contributed by atoms with van der Waals surface area (Å²) in [5.41, 5.74) is 17.3. The lowest BCUT2D eigenvalue weighted by Crippen LogP contribution is -2.16. The highest BCUT2D eigenvalue weighted by atomic mass is 16.3. The average molecular weight is 693 g/mol. The Morgan fingerprint density at radius 1 is 0.426 bits per heavy atom. The van der Waals surface area contributed by atoms with E-state index in [1.54, 1.807) is 0 Å². The number of aromatic nitrogens is 1. The molecule has 0 atom stereocenters. The minimum absolute atomic E-state index is 0.107. The zero-order valence-electron chi connectivity index (χ0n) is 30.1. The van der Waals surface area contributed by atoms with Gasteiger partial charge in [0.1, 0.15) is 11.2 Å². The van der Waals surface area contributed by atoms with Gasteiger partial charge >= 0.3 is 0 Å². The number of fused-ring (bicyclic) bond motifs is 9. The number of para-hydroxylation sites is 2. The third-order valence-corrected chi connectivity index (χ3v) is 11.6. The first-order valence-corrected chi connectivity index (χ1v) is 18.7. The molecule has 0 unspecified atom stereocenters. The summed E-state index contributed by atoms with van der Waals surface area (Å²) >= 11 is 0. The Hall–Kier alpha value is -6.84. The SMILES string of the molecule is CC1(C)c2ccccc2-c2ccc(N(c3ccc(-c4ccccc4)cc3)c3ccc4oc5cc(-c6cccc7c6[nH]c6ccccc67)ccc5c4c3)cc21. The molecule has 2 aromatic heterocycles. The number of rotatable bonds is 5. The van der Waals surface area contributed by atoms with Gasteiger partial charge in [-0.25, -0.2) is 0 Å². The van der Waals surface area contributed by atoms with E-state index in [4.69, 9.17) is 4.42 Å². The number of nitrogens with zero attached hydrogens (tertiary/aromatic N) is 1. The van der Waals surface area contributed by atoms with Crippen LogP contribution in [0.15, 0.2) is 180 Å². The number of aromatic amines is 1. The Labute approximate surface area is 313 Å². The van der Waals surface area contributed by atoms with Gasteiger partial charge in [0.15, 0.2) is 0 Å². The summed E-state index contributed by atoms with van der Waals surface area (Å²) in [6.07, 6.45) is 0. The van der Waals surface area contributed by atoms with Gasteiger partial charge in [0.2, 0.25) is 0 Å². The second kappa shape index (κ2) is 11.6. The predicted molar refractivity (Wildman–Crippen MR) is 226 cm³/mol. The van der Waals surface area contributed by atoms with Crippen LogP contribution in [-0.2, 0) is 5.41 Å². The van der Waals surface area contributed by atoms with Gasteiger partial charge in [-0.2, -0.15) is 0 Å². The lowest BCUT2D eigenvalue weighted by molar-refractivity contribution is 0.660. The number of furan rings is 1. The lowest BCUT2D eigenvalue weighted by Gasteiger charge is -2.28. The number of H-pyrrole nitrogens is 1. The van der Waals surface area contributed by atoms with Crippen molar-refractivity contribution in [3.8, 4) is 33.4 Å². The summed E-state index contributed by atoms with van der Waals surface area (Å²) in [4.78, 5) is 6.06. The summed E-state index contributed by atoms with van der Waals surface area (Å²) < 4.78 is 6.59. The van der Waals surface area contributed by atoms with Crippen LogP contribution in [0.2, 0.25) is 0 Å². The van der Waals surface area contributed by atoms with E-state index in [1.807, 2.05) is 0 Å². The molecular weight excluding hydrogens is 657 g/mol. The number of hydrogen-bond donors (Lipinski definition) is 1. The van der Waals surface area contributed by atoms with Crippen molar-refractivity contribution >= 4 is 60.8 Å². The van der Waals surface area contributed by atoms with Gasteiger partial charge < -0.3 is 14.3 Å². The summed E-state index contributed by atoms with van der Waals surface area (Å²) in [5, 5.41) is 4.66. The van der Waals surface area contributed by atoms with E-state index < -0.39 is 0 Å².